The van der Waals surface area contributed by atoms with Gasteiger partial charge in [0.05, 0.1) is 5.92 Å². The summed E-state index contributed by atoms with van der Waals surface area (Å²) in [4.78, 5) is 34.8. The van der Waals surface area contributed by atoms with Crippen molar-refractivity contribution in [3.8, 4) is 0 Å². The van der Waals surface area contributed by atoms with Gasteiger partial charge in [-0.05, 0) is 30.4 Å². The SMILES string of the molecule is N[C@@]1(C(=O)O)C[C@H](CC(=O)Nc2ccccc2)[C@H]2[C@H](C(=O)O)[C@H]21. The molecule has 0 heterocycles. The zero-order valence-corrected chi connectivity index (χ0v) is 12.3. The molecule has 0 radical (unpaired) electrons. The number of anilines is 1. The first kappa shape index (κ1) is 15.5. The van der Waals surface area contributed by atoms with Crippen LogP contribution in [0.15, 0.2) is 30.3 Å². The minimum absolute atomic E-state index is 0.0755. The van der Waals surface area contributed by atoms with Gasteiger partial charge < -0.3 is 21.3 Å². The molecule has 0 saturated heterocycles. The zero-order chi connectivity index (χ0) is 16.8. The van der Waals surface area contributed by atoms with Crippen LogP contribution in [0.1, 0.15) is 12.8 Å². The number of nitrogens with one attached hydrogen (secondary N) is 1. The predicted molar refractivity (Wildman–Crippen MR) is 80.5 cm³/mol. The van der Waals surface area contributed by atoms with Crippen LogP contribution in [0.4, 0.5) is 5.69 Å². The van der Waals surface area contributed by atoms with Gasteiger partial charge >= 0.3 is 11.9 Å². The Balaban J connectivity index is 1.70. The lowest BCUT2D eigenvalue weighted by Gasteiger charge is -2.24. The Morgan fingerprint density at radius 2 is 1.87 bits per heavy atom. The molecule has 0 unspecified atom stereocenters. The summed E-state index contributed by atoms with van der Waals surface area (Å²) in [5.74, 6) is -4.51. The van der Waals surface area contributed by atoms with Gasteiger partial charge in [-0.1, -0.05) is 18.2 Å². The van der Waals surface area contributed by atoms with Crippen molar-refractivity contribution in [2.75, 3.05) is 5.32 Å². The van der Waals surface area contributed by atoms with Gasteiger partial charge in [0, 0.05) is 18.0 Å². The highest BCUT2D eigenvalue weighted by molar-refractivity contribution is 5.91. The van der Waals surface area contributed by atoms with Crippen molar-refractivity contribution < 1.29 is 24.6 Å². The maximum atomic E-state index is 12.1. The third-order valence-corrected chi connectivity index (χ3v) is 5.00. The van der Waals surface area contributed by atoms with Gasteiger partial charge in [0.1, 0.15) is 5.54 Å². The molecule has 7 nitrogen and oxygen atoms in total. The first-order valence-electron chi connectivity index (χ1n) is 7.44. The van der Waals surface area contributed by atoms with Crippen LogP contribution in [0.2, 0.25) is 0 Å². The molecule has 2 aliphatic carbocycles. The highest BCUT2D eigenvalue weighted by atomic mass is 16.4. The lowest BCUT2D eigenvalue weighted by molar-refractivity contribution is -0.146. The summed E-state index contributed by atoms with van der Waals surface area (Å²) in [6.07, 6.45) is 0.204. The van der Waals surface area contributed by atoms with E-state index in [0.717, 1.165) is 0 Å². The fourth-order valence-electron chi connectivity index (χ4n) is 4.02. The molecule has 1 aromatic carbocycles. The van der Waals surface area contributed by atoms with Crippen LogP contribution >= 0.6 is 0 Å². The van der Waals surface area contributed by atoms with Crippen LogP contribution < -0.4 is 11.1 Å². The number of carbonyl (C=O) groups excluding carboxylic acids is 1. The number of nitrogens with two attached hydrogens (primary N) is 1. The Morgan fingerprint density at radius 3 is 2.43 bits per heavy atom. The van der Waals surface area contributed by atoms with Crippen molar-refractivity contribution in [2.45, 2.75) is 18.4 Å². The molecule has 0 spiro atoms. The summed E-state index contributed by atoms with van der Waals surface area (Å²) < 4.78 is 0. The Labute approximate surface area is 132 Å². The normalized spacial score (nSPS) is 34.5. The van der Waals surface area contributed by atoms with E-state index < -0.39 is 29.3 Å². The number of hydrogen-bond acceptors (Lipinski definition) is 4. The van der Waals surface area contributed by atoms with Gasteiger partial charge in [0.2, 0.25) is 5.91 Å². The van der Waals surface area contributed by atoms with E-state index in [1.165, 1.54) is 0 Å². The average molecular weight is 318 g/mol. The van der Waals surface area contributed by atoms with Crippen molar-refractivity contribution in [3.63, 3.8) is 0 Å². The standard InChI is InChI=1S/C16H18N2O5/c17-16(15(22)23)7-8(11-12(13(11)16)14(20)21)6-10(19)18-9-4-2-1-3-5-9/h1-5,8,11-13H,6-7,17H2,(H,18,19)(H,20,21)(H,22,23)/t8-,11-,12-,13-,16-/m0/s1. The fraction of sp³-hybridized carbons (Fsp3) is 0.438. The number of carbonyl (C=O) groups is 3. The summed E-state index contributed by atoms with van der Waals surface area (Å²) >= 11 is 0. The molecule has 5 N–H and O–H groups in total. The maximum absolute atomic E-state index is 12.1. The van der Waals surface area contributed by atoms with Gasteiger partial charge in [-0.3, -0.25) is 14.4 Å². The molecule has 7 heteroatoms. The predicted octanol–water partition coefficient (Wildman–Crippen LogP) is 0.764. The monoisotopic (exact) mass is 318 g/mol. The van der Waals surface area contributed by atoms with Crippen LogP contribution in [0.5, 0.6) is 0 Å². The highest BCUT2D eigenvalue weighted by Crippen LogP contribution is 2.65. The summed E-state index contributed by atoms with van der Waals surface area (Å²) in [7, 11) is 0. The van der Waals surface area contributed by atoms with E-state index in [1.807, 2.05) is 6.07 Å². The molecule has 2 saturated carbocycles. The zero-order valence-electron chi connectivity index (χ0n) is 12.3. The van der Waals surface area contributed by atoms with Gasteiger partial charge in [-0.25, -0.2) is 0 Å². The summed E-state index contributed by atoms with van der Waals surface area (Å²) in [5, 5.41) is 21.3. The quantitative estimate of drug-likeness (QED) is 0.634. The third kappa shape index (κ3) is 2.57. The molecule has 2 aliphatic rings. The molecule has 0 bridgehead atoms. The first-order valence-corrected chi connectivity index (χ1v) is 7.44. The molecular formula is C16H18N2O5. The van der Waals surface area contributed by atoms with Crippen LogP contribution in [-0.4, -0.2) is 33.6 Å². The van der Waals surface area contributed by atoms with Gasteiger partial charge in [0.15, 0.2) is 0 Å². The molecule has 0 aromatic heterocycles. The van der Waals surface area contributed by atoms with E-state index >= 15 is 0 Å². The number of para-hydroxylation sites is 1. The molecule has 2 fully saturated rings. The second-order valence-electron chi connectivity index (χ2n) is 6.40. The third-order valence-electron chi connectivity index (χ3n) is 5.00. The van der Waals surface area contributed by atoms with Crippen molar-refractivity contribution in [3.05, 3.63) is 30.3 Å². The second kappa shape index (κ2) is 5.34. The molecule has 0 aliphatic heterocycles. The Kier molecular flexibility index (Phi) is 3.60. The van der Waals surface area contributed by atoms with Crippen LogP contribution in [0.25, 0.3) is 0 Å². The lowest BCUT2D eigenvalue weighted by atomic mass is 9.86. The van der Waals surface area contributed by atoms with Gasteiger partial charge in [-0.15, -0.1) is 0 Å². The minimum Gasteiger partial charge on any atom is -0.481 e. The summed E-state index contributed by atoms with van der Waals surface area (Å²) in [5.41, 5.74) is 5.04. The molecule has 122 valence electrons. The first-order chi connectivity index (χ1) is 10.8. The van der Waals surface area contributed by atoms with Crippen molar-refractivity contribution >= 4 is 23.5 Å². The van der Waals surface area contributed by atoms with Crippen LogP contribution in [-0.2, 0) is 14.4 Å². The summed E-state index contributed by atoms with van der Waals surface area (Å²) in [6.45, 7) is 0. The average Bonchev–Trinajstić information content (AvgIpc) is 3.17. The minimum atomic E-state index is -1.55. The molecule has 1 aromatic rings. The Hall–Kier alpha value is -2.41. The second-order valence-corrected chi connectivity index (χ2v) is 6.40. The molecule has 3 rings (SSSR count). The fourth-order valence-corrected chi connectivity index (χ4v) is 4.02. The Bertz CT molecular complexity index is 662. The van der Waals surface area contributed by atoms with E-state index in [2.05, 4.69) is 5.32 Å². The van der Waals surface area contributed by atoms with Crippen molar-refractivity contribution in [2.24, 2.45) is 29.4 Å². The van der Waals surface area contributed by atoms with Gasteiger partial charge in [0.25, 0.3) is 0 Å². The lowest BCUT2D eigenvalue weighted by Crippen LogP contribution is -2.50. The number of carboxylic acid groups (broad SMARTS) is 2. The number of carboxylic acids is 2. The van der Waals surface area contributed by atoms with E-state index in [1.54, 1.807) is 24.3 Å². The smallest absolute Gasteiger partial charge is 0.324 e. The largest absolute Gasteiger partial charge is 0.481 e. The number of fused-ring (bicyclic) bond motifs is 1. The summed E-state index contributed by atoms with van der Waals surface area (Å²) in [6, 6.07) is 8.90. The topological polar surface area (TPSA) is 130 Å². The Morgan fingerprint density at radius 1 is 1.22 bits per heavy atom. The van der Waals surface area contributed by atoms with E-state index in [0.29, 0.717) is 5.69 Å². The number of hydrogen-bond donors (Lipinski definition) is 4. The number of amides is 1. The highest BCUT2D eigenvalue weighted by Gasteiger charge is 2.73. The van der Waals surface area contributed by atoms with E-state index in [9.17, 15) is 24.6 Å². The van der Waals surface area contributed by atoms with E-state index in [-0.39, 0.29) is 30.6 Å². The number of benzene rings is 1. The van der Waals surface area contributed by atoms with Crippen LogP contribution in [0, 0.1) is 23.7 Å². The molecule has 23 heavy (non-hydrogen) atoms. The van der Waals surface area contributed by atoms with Crippen molar-refractivity contribution in [1.82, 2.24) is 0 Å². The molecular weight excluding hydrogens is 300 g/mol. The maximum Gasteiger partial charge on any atom is 0.324 e. The van der Waals surface area contributed by atoms with Gasteiger partial charge in [-0.2, -0.15) is 0 Å². The number of aliphatic carboxylic acids is 2. The molecule has 5 atom stereocenters. The van der Waals surface area contributed by atoms with Crippen LogP contribution in [0.3, 0.4) is 0 Å². The number of rotatable bonds is 5. The molecule has 1 amide bonds. The van der Waals surface area contributed by atoms with Crippen molar-refractivity contribution in [1.29, 1.82) is 0 Å². The van der Waals surface area contributed by atoms with E-state index in [4.69, 9.17) is 5.73 Å².